The van der Waals surface area contributed by atoms with E-state index < -0.39 is 11.2 Å². The van der Waals surface area contributed by atoms with Crippen molar-refractivity contribution in [1.29, 1.82) is 0 Å². The number of hydrogen-bond donors (Lipinski definition) is 0. The topological polar surface area (TPSA) is 74.7 Å². The Hall–Kier alpha value is -4.10. The molecule has 3 fully saturated rings. The van der Waals surface area contributed by atoms with E-state index in [4.69, 9.17) is 14.2 Å². The first-order chi connectivity index (χ1) is 20.4. The summed E-state index contributed by atoms with van der Waals surface area (Å²) >= 11 is 0. The number of nitrogens with zero attached hydrogens (tertiary/aromatic N) is 1. The van der Waals surface area contributed by atoms with E-state index in [0.29, 0.717) is 42.0 Å². The monoisotopic (exact) mass is 565 g/mol. The number of halogens is 1. The van der Waals surface area contributed by atoms with E-state index in [1.54, 1.807) is 18.3 Å². The van der Waals surface area contributed by atoms with Crippen LogP contribution in [0.1, 0.15) is 49.7 Å². The summed E-state index contributed by atoms with van der Waals surface area (Å²) in [6.45, 7) is 0.506. The number of carbonyl (C=O) groups is 2. The number of aromatic nitrogens is 1. The Morgan fingerprint density at radius 3 is 2.36 bits per heavy atom. The van der Waals surface area contributed by atoms with Crippen LogP contribution in [0.15, 0.2) is 79.0 Å². The second-order valence-corrected chi connectivity index (χ2v) is 11.9. The van der Waals surface area contributed by atoms with Crippen LogP contribution in [-0.2, 0) is 27.2 Å². The van der Waals surface area contributed by atoms with Gasteiger partial charge in [-0.3, -0.25) is 14.6 Å². The second kappa shape index (κ2) is 10.6. The Bertz CT molecular complexity index is 1660. The number of Topliss-reactive ketones (excluding diaryl/α,β-unsaturated/α-hetero) is 2. The van der Waals surface area contributed by atoms with Crippen molar-refractivity contribution in [2.45, 2.75) is 63.1 Å². The fraction of sp³-hybridized carbons (Fsp3) is 0.343. The normalized spacial score (nSPS) is 19.5. The lowest BCUT2D eigenvalue weighted by Gasteiger charge is -2.15. The maximum absolute atomic E-state index is 15.2. The smallest absolute Gasteiger partial charge is 0.166 e. The summed E-state index contributed by atoms with van der Waals surface area (Å²) in [6.07, 6.45) is 7.54. The van der Waals surface area contributed by atoms with Gasteiger partial charge in [-0.05, 0) is 80.0 Å². The Morgan fingerprint density at radius 1 is 0.857 bits per heavy atom. The van der Waals surface area contributed by atoms with Crippen molar-refractivity contribution in [3.8, 4) is 17.2 Å². The number of ether oxygens (including phenoxy) is 3. The van der Waals surface area contributed by atoms with Gasteiger partial charge in [-0.25, -0.2) is 4.39 Å². The van der Waals surface area contributed by atoms with Crippen molar-refractivity contribution in [2.75, 3.05) is 6.61 Å². The van der Waals surface area contributed by atoms with Crippen molar-refractivity contribution in [1.82, 2.24) is 4.98 Å². The maximum atomic E-state index is 15.2. The molecule has 1 aliphatic heterocycles. The summed E-state index contributed by atoms with van der Waals surface area (Å²) in [6, 6.07) is 21.2. The minimum absolute atomic E-state index is 0.00553. The molecule has 2 saturated carbocycles. The zero-order valence-corrected chi connectivity index (χ0v) is 23.3. The Labute approximate surface area is 243 Å². The van der Waals surface area contributed by atoms with Crippen LogP contribution in [0.25, 0.3) is 10.9 Å². The lowest BCUT2D eigenvalue weighted by molar-refractivity contribution is -0.133. The molecule has 3 aliphatic rings. The molecule has 0 amide bonds. The number of rotatable bonds is 11. The highest BCUT2D eigenvalue weighted by atomic mass is 19.1. The molecule has 0 unspecified atom stereocenters. The van der Waals surface area contributed by atoms with E-state index in [1.807, 2.05) is 48.5 Å². The number of pyridine rings is 1. The van der Waals surface area contributed by atoms with Crippen LogP contribution in [0.5, 0.6) is 17.2 Å². The minimum atomic E-state index is -0.941. The van der Waals surface area contributed by atoms with Gasteiger partial charge in [-0.2, -0.15) is 0 Å². The highest BCUT2D eigenvalue weighted by molar-refractivity contribution is 6.10. The molecule has 0 radical (unpaired) electrons. The molecule has 4 aromatic rings. The van der Waals surface area contributed by atoms with Crippen molar-refractivity contribution in [3.63, 3.8) is 0 Å². The van der Waals surface area contributed by atoms with E-state index in [2.05, 4.69) is 4.98 Å². The molecule has 214 valence electrons. The van der Waals surface area contributed by atoms with Crippen molar-refractivity contribution >= 4 is 22.5 Å². The first kappa shape index (κ1) is 26.8. The summed E-state index contributed by atoms with van der Waals surface area (Å²) in [5.74, 6) is 0.427. The molecule has 1 spiro atoms. The van der Waals surface area contributed by atoms with Gasteiger partial charge in [0.2, 0.25) is 0 Å². The summed E-state index contributed by atoms with van der Waals surface area (Å²) < 4.78 is 33.2. The lowest BCUT2D eigenvalue weighted by atomic mass is 9.88. The number of carbonyl (C=O) groups excluding carboxylic acids is 2. The average molecular weight is 566 g/mol. The van der Waals surface area contributed by atoms with E-state index in [9.17, 15) is 9.59 Å². The molecular weight excluding hydrogens is 533 g/mol. The summed E-state index contributed by atoms with van der Waals surface area (Å²) in [7, 11) is 0. The van der Waals surface area contributed by atoms with Crippen LogP contribution in [0, 0.1) is 11.2 Å². The molecular formula is C35H32FNO5. The Morgan fingerprint density at radius 2 is 1.64 bits per heavy atom. The molecule has 3 aromatic carbocycles. The SMILES string of the molecule is O=C(Cc1ccccc1)C1(C(=O)Cc2ccc(Oc3ccnc4cc(OC[C@H]5CCC6(CC6)O5)ccc34)c(F)c2)CC1. The standard InChI is InChI=1S/C35H32FNO5/c36-28-18-24(20-33(39)35(15-16-35)32(38)19-23-4-2-1-3-5-23)6-9-31(28)41-30-11-17-37-29-21-25(7-8-27(29)30)40-22-26-10-12-34(42-26)13-14-34/h1-9,11,17-18,21,26H,10,12-16,19-20,22H2/t26-/m1/s1. The number of benzene rings is 3. The average Bonchev–Trinajstić information content (AvgIpc) is 3.91. The zero-order valence-electron chi connectivity index (χ0n) is 23.3. The van der Waals surface area contributed by atoms with Gasteiger partial charge in [-0.1, -0.05) is 36.4 Å². The van der Waals surface area contributed by atoms with E-state index >= 15 is 4.39 Å². The number of hydrogen-bond acceptors (Lipinski definition) is 6. The van der Waals surface area contributed by atoms with Crippen molar-refractivity contribution in [2.24, 2.45) is 5.41 Å². The van der Waals surface area contributed by atoms with Gasteiger partial charge in [0.15, 0.2) is 23.1 Å². The molecule has 1 atom stereocenters. The second-order valence-electron chi connectivity index (χ2n) is 11.9. The molecule has 7 rings (SSSR count). The Balaban J connectivity index is 0.998. The molecule has 7 heteroatoms. The maximum Gasteiger partial charge on any atom is 0.166 e. The van der Waals surface area contributed by atoms with Gasteiger partial charge in [0.05, 0.1) is 22.6 Å². The molecule has 42 heavy (non-hydrogen) atoms. The van der Waals surface area contributed by atoms with E-state index in [1.165, 1.54) is 12.1 Å². The molecule has 0 bridgehead atoms. The highest BCUT2D eigenvalue weighted by Crippen LogP contribution is 2.50. The quantitative estimate of drug-likeness (QED) is 0.183. The predicted molar refractivity (Wildman–Crippen MR) is 155 cm³/mol. The van der Waals surface area contributed by atoms with Crippen molar-refractivity contribution in [3.05, 3.63) is 95.9 Å². The number of ketones is 2. The van der Waals surface area contributed by atoms with Gasteiger partial charge in [0.25, 0.3) is 0 Å². The first-order valence-electron chi connectivity index (χ1n) is 14.7. The largest absolute Gasteiger partial charge is 0.491 e. The van der Waals surface area contributed by atoms with Gasteiger partial charge in [0.1, 0.15) is 18.1 Å². The van der Waals surface area contributed by atoms with Crippen LogP contribution in [-0.4, -0.2) is 34.9 Å². The van der Waals surface area contributed by atoms with Gasteiger partial charge in [0, 0.05) is 30.5 Å². The zero-order chi connectivity index (χ0) is 28.7. The third kappa shape index (κ3) is 5.41. The van der Waals surface area contributed by atoms with Crippen molar-refractivity contribution < 1.29 is 28.2 Å². The molecule has 0 N–H and O–H groups in total. The summed E-state index contributed by atoms with van der Waals surface area (Å²) in [5, 5.41) is 0.727. The fourth-order valence-corrected chi connectivity index (χ4v) is 5.99. The highest BCUT2D eigenvalue weighted by Gasteiger charge is 2.54. The summed E-state index contributed by atoms with van der Waals surface area (Å²) in [4.78, 5) is 30.6. The van der Waals surface area contributed by atoms with Gasteiger partial charge < -0.3 is 14.2 Å². The van der Waals surface area contributed by atoms with Gasteiger partial charge >= 0.3 is 0 Å². The molecule has 1 saturated heterocycles. The minimum Gasteiger partial charge on any atom is -0.491 e. The fourth-order valence-electron chi connectivity index (χ4n) is 5.99. The van der Waals surface area contributed by atoms with Crippen LogP contribution in [0.2, 0.25) is 0 Å². The van der Waals surface area contributed by atoms with E-state index in [-0.39, 0.29) is 41.9 Å². The van der Waals surface area contributed by atoms with Crippen LogP contribution in [0.4, 0.5) is 4.39 Å². The first-order valence-corrected chi connectivity index (χ1v) is 14.7. The third-order valence-corrected chi connectivity index (χ3v) is 8.86. The molecule has 1 aromatic heterocycles. The van der Waals surface area contributed by atoms with Crippen LogP contribution in [0.3, 0.4) is 0 Å². The van der Waals surface area contributed by atoms with E-state index in [0.717, 1.165) is 36.6 Å². The number of fused-ring (bicyclic) bond motifs is 1. The predicted octanol–water partition coefficient (Wildman–Crippen LogP) is 6.96. The third-order valence-electron chi connectivity index (χ3n) is 8.86. The molecule has 2 aliphatic carbocycles. The summed E-state index contributed by atoms with van der Waals surface area (Å²) in [5.41, 5.74) is 1.28. The lowest BCUT2D eigenvalue weighted by Crippen LogP contribution is -2.28. The molecule has 2 heterocycles. The van der Waals surface area contributed by atoms with Crippen LogP contribution >= 0.6 is 0 Å². The van der Waals surface area contributed by atoms with Gasteiger partial charge in [-0.15, -0.1) is 0 Å². The Kier molecular flexibility index (Phi) is 6.77. The molecule has 6 nitrogen and oxygen atoms in total. The van der Waals surface area contributed by atoms with Crippen LogP contribution < -0.4 is 9.47 Å².